The molecule has 9 heteroatoms. The van der Waals surface area contributed by atoms with Gasteiger partial charge in [-0.1, -0.05) is 26.7 Å². The minimum absolute atomic E-state index is 0.202. The highest BCUT2D eigenvalue weighted by molar-refractivity contribution is 6.40. The van der Waals surface area contributed by atoms with Crippen molar-refractivity contribution in [1.29, 1.82) is 0 Å². The van der Waals surface area contributed by atoms with Gasteiger partial charge in [0.05, 0.1) is 7.11 Å². The van der Waals surface area contributed by atoms with Crippen molar-refractivity contribution in [2.75, 3.05) is 13.7 Å². The molecular weight excluding hydrogens is 327 g/mol. The van der Waals surface area contributed by atoms with Gasteiger partial charge >= 0.3 is 19.1 Å². The van der Waals surface area contributed by atoms with E-state index in [2.05, 4.69) is 5.32 Å². The maximum Gasteiger partial charge on any atom is 0.451 e. The molecule has 146 valence electrons. The number of nitrogens with two attached hydrogens (primary N) is 1. The van der Waals surface area contributed by atoms with Crippen LogP contribution in [-0.2, 0) is 14.3 Å². The minimum Gasteiger partial charge on any atom is -0.480 e. The van der Waals surface area contributed by atoms with Crippen LogP contribution in [-0.4, -0.2) is 59.4 Å². The molecule has 0 aliphatic rings. The second-order valence-corrected chi connectivity index (χ2v) is 6.95. The number of nitrogens with one attached hydrogen (secondary N) is 1. The van der Waals surface area contributed by atoms with E-state index in [9.17, 15) is 14.7 Å². The quantitative estimate of drug-likeness (QED) is 0.170. The monoisotopic (exact) mass is 360 g/mol. The van der Waals surface area contributed by atoms with E-state index in [1.807, 2.05) is 13.8 Å². The van der Waals surface area contributed by atoms with Gasteiger partial charge in [0.2, 0.25) is 0 Å². The van der Waals surface area contributed by atoms with Gasteiger partial charge in [-0.25, -0.2) is 0 Å². The lowest BCUT2D eigenvalue weighted by Crippen LogP contribution is -2.48. The van der Waals surface area contributed by atoms with Gasteiger partial charge in [0.25, 0.3) is 0 Å². The number of methoxy groups -OCH3 is 1. The summed E-state index contributed by atoms with van der Waals surface area (Å²) in [4.78, 5) is 23.2. The van der Waals surface area contributed by atoms with Crippen LogP contribution in [0.2, 0.25) is 6.32 Å². The smallest absolute Gasteiger partial charge is 0.451 e. The number of rotatable bonds is 14. The lowest BCUT2D eigenvalue weighted by molar-refractivity contribution is -0.145. The number of carboxylic acid groups (broad SMARTS) is 1. The highest BCUT2D eigenvalue weighted by Gasteiger charge is 2.33. The zero-order valence-corrected chi connectivity index (χ0v) is 15.5. The Bertz CT molecular complexity index is 408. The van der Waals surface area contributed by atoms with E-state index in [-0.39, 0.29) is 25.1 Å². The summed E-state index contributed by atoms with van der Waals surface area (Å²) in [5.41, 5.74) is 4.65. The van der Waals surface area contributed by atoms with Crippen LogP contribution in [0.1, 0.15) is 52.4 Å². The number of esters is 1. The van der Waals surface area contributed by atoms with Gasteiger partial charge in [0, 0.05) is 0 Å². The molecule has 0 amide bonds. The number of hydrogen-bond donors (Lipinski definition) is 5. The molecule has 0 fully saturated rings. The minimum atomic E-state index is -1.38. The van der Waals surface area contributed by atoms with Crippen molar-refractivity contribution >= 4 is 19.1 Å². The van der Waals surface area contributed by atoms with E-state index in [1.165, 1.54) is 7.11 Å². The Kier molecular flexibility index (Phi) is 11.7. The van der Waals surface area contributed by atoms with E-state index in [0.717, 1.165) is 0 Å². The van der Waals surface area contributed by atoms with E-state index in [1.54, 1.807) is 0 Å². The van der Waals surface area contributed by atoms with Gasteiger partial charge in [0.1, 0.15) is 11.6 Å². The molecule has 0 radical (unpaired) electrons. The molecule has 8 nitrogen and oxygen atoms in total. The van der Waals surface area contributed by atoms with Gasteiger partial charge in [-0.3, -0.25) is 9.59 Å². The Morgan fingerprint density at radius 3 is 2.28 bits per heavy atom. The van der Waals surface area contributed by atoms with Crippen LogP contribution in [0.25, 0.3) is 0 Å². The second kappa shape index (κ2) is 12.2. The van der Waals surface area contributed by atoms with Crippen LogP contribution >= 0.6 is 0 Å². The van der Waals surface area contributed by atoms with E-state index >= 15 is 0 Å². The van der Waals surface area contributed by atoms with Gasteiger partial charge < -0.3 is 30.9 Å². The lowest BCUT2D eigenvalue weighted by atomic mass is 9.81. The molecule has 0 aliphatic heterocycles. The van der Waals surface area contributed by atoms with E-state index in [0.29, 0.717) is 38.1 Å². The maximum atomic E-state index is 11.7. The molecule has 0 rings (SSSR count). The van der Waals surface area contributed by atoms with Crippen LogP contribution in [0, 0.1) is 5.92 Å². The number of ether oxygens (including phenoxy) is 1. The molecule has 0 aliphatic carbocycles. The summed E-state index contributed by atoms with van der Waals surface area (Å²) in [6.45, 7) is 4.49. The molecule has 0 bridgehead atoms. The van der Waals surface area contributed by atoms with Crippen molar-refractivity contribution in [1.82, 2.24) is 5.32 Å². The predicted octanol–water partition coefficient (Wildman–Crippen LogP) is 0.369. The lowest BCUT2D eigenvalue weighted by Gasteiger charge is -2.25. The number of carbonyl (C=O) groups is 2. The molecule has 0 spiro atoms. The molecule has 0 aromatic heterocycles. The van der Waals surface area contributed by atoms with Crippen molar-refractivity contribution in [3.8, 4) is 0 Å². The third-order valence-electron chi connectivity index (χ3n) is 4.14. The third-order valence-corrected chi connectivity index (χ3v) is 4.14. The zero-order chi connectivity index (χ0) is 19.5. The zero-order valence-electron chi connectivity index (χ0n) is 15.5. The molecule has 6 N–H and O–H groups in total. The number of aliphatic carboxylic acids is 1. The first-order valence-electron chi connectivity index (χ1n) is 8.82. The molecule has 0 saturated heterocycles. The summed E-state index contributed by atoms with van der Waals surface area (Å²) in [5.74, 6) is -1.07. The standard InChI is InChI=1S/C16H33BN2O6/c1-12(2)11-13(14(20)25-3)19-10-6-8-16(18,15(21)22)7-4-5-9-17(23)24/h12-13,19,23-24H,4-11,18H2,1-3H3,(H,21,22)/t13?,16-/m0/s1. The summed E-state index contributed by atoms with van der Waals surface area (Å²) in [6, 6.07) is -0.409. The molecule has 2 atom stereocenters. The SMILES string of the molecule is COC(=O)C(CC(C)C)NCCC[C@@](N)(CCCCB(O)O)C(=O)O. The Hall–Kier alpha value is -1.16. The van der Waals surface area contributed by atoms with Gasteiger partial charge in [-0.05, 0) is 44.5 Å². The number of carboxylic acids is 1. The van der Waals surface area contributed by atoms with Crippen molar-refractivity contribution < 1.29 is 29.5 Å². The van der Waals surface area contributed by atoms with Gasteiger partial charge in [-0.15, -0.1) is 0 Å². The second-order valence-electron chi connectivity index (χ2n) is 6.95. The molecule has 0 aromatic carbocycles. The van der Waals surface area contributed by atoms with E-state index in [4.69, 9.17) is 20.5 Å². The Balaban J connectivity index is 4.36. The average Bonchev–Trinajstić information content (AvgIpc) is 2.53. The number of carbonyl (C=O) groups excluding carboxylic acids is 1. The van der Waals surface area contributed by atoms with Crippen LogP contribution in [0.3, 0.4) is 0 Å². The first-order valence-corrected chi connectivity index (χ1v) is 8.82. The Labute approximate surface area is 150 Å². The largest absolute Gasteiger partial charge is 0.480 e. The van der Waals surface area contributed by atoms with Crippen molar-refractivity contribution in [2.45, 2.75) is 70.3 Å². The molecule has 0 aromatic rings. The van der Waals surface area contributed by atoms with Crippen molar-refractivity contribution in [2.24, 2.45) is 11.7 Å². The van der Waals surface area contributed by atoms with Crippen molar-refractivity contribution in [3.05, 3.63) is 0 Å². The number of unbranched alkanes of at least 4 members (excludes halogenated alkanes) is 1. The summed E-state index contributed by atoms with van der Waals surface area (Å²) in [5, 5.41) is 30.1. The highest BCUT2D eigenvalue weighted by atomic mass is 16.5. The first-order chi connectivity index (χ1) is 11.6. The number of hydrogen-bond acceptors (Lipinski definition) is 7. The van der Waals surface area contributed by atoms with Crippen LogP contribution in [0.15, 0.2) is 0 Å². The van der Waals surface area contributed by atoms with Crippen LogP contribution in [0.5, 0.6) is 0 Å². The predicted molar refractivity (Wildman–Crippen MR) is 95.9 cm³/mol. The third kappa shape index (κ3) is 10.4. The maximum absolute atomic E-state index is 11.7. The summed E-state index contributed by atoms with van der Waals surface area (Å²) < 4.78 is 4.77. The normalized spacial score (nSPS) is 14.8. The summed E-state index contributed by atoms with van der Waals surface area (Å²) in [7, 11) is -0.0341. The van der Waals surface area contributed by atoms with Crippen molar-refractivity contribution in [3.63, 3.8) is 0 Å². The average molecular weight is 360 g/mol. The van der Waals surface area contributed by atoms with E-state index < -0.39 is 24.7 Å². The van der Waals surface area contributed by atoms with Gasteiger partial charge in [0.15, 0.2) is 0 Å². The summed E-state index contributed by atoms with van der Waals surface area (Å²) in [6.07, 6.45) is 2.90. The Morgan fingerprint density at radius 1 is 1.20 bits per heavy atom. The van der Waals surface area contributed by atoms with Gasteiger partial charge in [-0.2, -0.15) is 0 Å². The molecule has 0 saturated carbocycles. The molecule has 1 unspecified atom stereocenters. The van der Waals surface area contributed by atoms with Crippen LogP contribution < -0.4 is 11.1 Å². The van der Waals surface area contributed by atoms with Crippen LogP contribution in [0.4, 0.5) is 0 Å². The Morgan fingerprint density at radius 2 is 1.80 bits per heavy atom. The summed E-state index contributed by atoms with van der Waals surface area (Å²) >= 11 is 0. The molecule has 25 heavy (non-hydrogen) atoms. The first kappa shape index (κ1) is 23.8. The topological polar surface area (TPSA) is 142 Å². The fraction of sp³-hybridized carbons (Fsp3) is 0.875. The highest BCUT2D eigenvalue weighted by Crippen LogP contribution is 2.19. The fourth-order valence-corrected chi connectivity index (χ4v) is 2.66. The fourth-order valence-electron chi connectivity index (χ4n) is 2.66. The molecule has 0 heterocycles. The molecular formula is C16H33BN2O6.